The highest BCUT2D eigenvalue weighted by atomic mass is 31.2. The zero-order valence-electron chi connectivity index (χ0n) is 34.1. The van der Waals surface area contributed by atoms with Gasteiger partial charge in [0.15, 0.2) is 6.10 Å². The van der Waals surface area contributed by atoms with Crippen LogP contribution in [0.3, 0.4) is 0 Å². The summed E-state index contributed by atoms with van der Waals surface area (Å²) in [5.74, 6) is -2.41. The van der Waals surface area contributed by atoms with Crippen LogP contribution in [0.5, 0.6) is 0 Å². The van der Waals surface area contributed by atoms with E-state index in [9.17, 15) is 23.8 Å². The lowest BCUT2D eigenvalue weighted by Crippen LogP contribution is -2.34. The average molecular weight is 788 g/mol. The highest BCUT2D eigenvalue weighted by Crippen LogP contribution is 2.43. The van der Waals surface area contributed by atoms with Crippen LogP contribution in [0.4, 0.5) is 0 Å². The van der Waals surface area contributed by atoms with Gasteiger partial charge in [-0.1, -0.05) is 160 Å². The fourth-order valence-electron chi connectivity index (χ4n) is 5.80. The normalized spacial score (nSPS) is 14.0. The van der Waals surface area contributed by atoms with E-state index in [0.29, 0.717) is 12.8 Å². The monoisotopic (exact) mass is 788 g/mol. The third kappa shape index (κ3) is 36.9. The molecule has 11 nitrogen and oxygen atoms in total. The number of nitrogens with two attached hydrogens (primary N) is 1. The molecule has 0 aromatic carbocycles. The van der Waals surface area contributed by atoms with E-state index in [1.165, 1.54) is 109 Å². The Labute approximate surface area is 328 Å². The SMILES string of the molecule is CCCCCCCC/C=C/C/C=C/CCCCC(=O)OC[C@H](COP(=O)(O)OC[C@H](N)C(=O)O)OC(=O)CCCCCCCCCCCCCCCCC. The number of rotatable bonds is 40. The second kappa shape index (κ2) is 37.9. The summed E-state index contributed by atoms with van der Waals surface area (Å²) in [4.78, 5) is 45.9. The first-order valence-corrected chi connectivity index (χ1v) is 22.9. The van der Waals surface area contributed by atoms with Crippen molar-refractivity contribution in [3.8, 4) is 0 Å². The molecule has 0 aliphatic carbocycles. The van der Waals surface area contributed by atoms with Crippen molar-refractivity contribution in [2.75, 3.05) is 19.8 Å². The smallest absolute Gasteiger partial charge is 0.472 e. The quantitative estimate of drug-likeness (QED) is 0.0233. The highest BCUT2D eigenvalue weighted by Gasteiger charge is 2.28. The second-order valence-electron chi connectivity index (χ2n) is 14.5. The van der Waals surface area contributed by atoms with Crippen molar-refractivity contribution in [3.63, 3.8) is 0 Å². The Balaban J connectivity index is 4.41. The Morgan fingerprint density at radius 1 is 0.574 bits per heavy atom. The predicted octanol–water partition coefficient (Wildman–Crippen LogP) is 11.1. The number of hydrogen-bond donors (Lipinski definition) is 3. The maximum absolute atomic E-state index is 12.6. The van der Waals surface area contributed by atoms with E-state index in [1.54, 1.807) is 0 Å². The van der Waals surface area contributed by atoms with Gasteiger partial charge in [0.2, 0.25) is 0 Å². The molecule has 0 rings (SSSR count). The minimum Gasteiger partial charge on any atom is -0.480 e. The van der Waals surface area contributed by atoms with Crippen LogP contribution in [0.15, 0.2) is 24.3 Å². The molecule has 0 aliphatic rings. The molecular weight excluding hydrogens is 709 g/mol. The Morgan fingerprint density at radius 2 is 0.981 bits per heavy atom. The van der Waals surface area contributed by atoms with E-state index >= 15 is 0 Å². The molecule has 0 radical (unpaired) electrons. The van der Waals surface area contributed by atoms with E-state index in [2.05, 4.69) is 42.7 Å². The Kier molecular flexibility index (Phi) is 36.4. The number of carbonyl (C=O) groups excluding carboxylic acids is 2. The van der Waals surface area contributed by atoms with Gasteiger partial charge in [-0.15, -0.1) is 0 Å². The summed E-state index contributed by atoms with van der Waals surface area (Å²) in [6.07, 6.45) is 38.1. The molecule has 0 saturated heterocycles. The molecule has 1 unspecified atom stereocenters. The highest BCUT2D eigenvalue weighted by molar-refractivity contribution is 7.47. The maximum Gasteiger partial charge on any atom is 0.472 e. The first-order chi connectivity index (χ1) is 26.1. The molecule has 0 saturated carbocycles. The average Bonchev–Trinajstić information content (AvgIpc) is 3.14. The van der Waals surface area contributed by atoms with Gasteiger partial charge >= 0.3 is 25.7 Å². The number of phosphoric ester groups is 1. The van der Waals surface area contributed by atoms with Crippen molar-refractivity contribution in [2.24, 2.45) is 5.73 Å². The molecule has 0 spiro atoms. The third-order valence-electron chi connectivity index (χ3n) is 9.20. The molecule has 0 aromatic rings. The minimum absolute atomic E-state index is 0.159. The first kappa shape index (κ1) is 52.0. The van der Waals surface area contributed by atoms with Crippen LogP contribution >= 0.6 is 7.82 Å². The summed E-state index contributed by atoms with van der Waals surface area (Å²) in [6.45, 7) is 2.77. The Bertz CT molecular complexity index is 1020. The minimum atomic E-state index is -4.72. The van der Waals surface area contributed by atoms with Crippen molar-refractivity contribution in [2.45, 2.75) is 206 Å². The summed E-state index contributed by atoms with van der Waals surface area (Å²) >= 11 is 0. The van der Waals surface area contributed by atoms with Crippen molar-refractivity contribution in [3.05, 3.63) is 24.3 Å². The number of carbonyl (C=O) groups is 3. The lowest BCUT2D eigenvalue weighted by atomic mass is 10.0. The second-order valence-corrected chi connectivity index (χ2v) is 15.9. The van der Waals surface area contributed by atoms with Gasteiger partial charge in [0.25, 0.3) is 0 Å². The van der Waals surface area contributed by atoms with Crippen LogP contribution in [-0.4, -0.2) is 59.9 Å². The van der Waals surface area contributed by atoms with Crippen LogP contribution in [0.1, 0.15) is 194 Å². The van der Waals surface area contributed by atoms with Gasteiger partial charge in [0.05, 0.1) is 13.2 Å². The number of allylic oxidation sites excluding steroid dienone is 4. The molecule has 12 heteroatoms. The zero-order chi connectivity index (χ0) is 40.0. The number of esters is 2. The Hall–Kier alpha value is -2.04. The van der Waals surface area contributed by atoms with E-state index in [-0.39, 0.29) is 19.4 Å². The van der Waals surface area contributed by atoms with E-state index in [4.69, 9.17) is 24.8 Å². The number of ether oxygens (including phenoxy) is 2. The van der Waals surface area contributed by atoms with Crippen LogP contribution in [0, 0.1) is 0 Å². The van der Waals surface area contributed by atoms with Crippen molar-refractivity contribution in [1.82, 2.24) is 0 Å². The summed E-state index contributed by atoms with van der Waals surface area (Å²) in [6, 6.07) is -1.52. The van der Waals surface area contributed by atoms with Gasteiger partial charge in [-0.3, -0.25) is 23.4 Å². The van der Waals surface area contributed by atoms with Crippen molar-refractivity contribution in [1.29, 1.82) is 0 Å². The standard InChI is InChI=1S/C42H78NO10P/c1-3-5-7-9-11-13-15-17-19-21-23-25-27-29-31-33-40(44)50-35-38(36-51-54(48,49)52-37-39(43)42(46)47)53-41(45)34-32-30-28-26-24-22-20-18-16-14-12-10-8-6-4-2/h17,19,23,25,38-39H,3-16,18,20-22,24,26-37,43H2,1-2H3,(H,46,47)(H,48,49)/b19-17+,25-23+/t38-,39+/m1/s1. The zero-order valence-corrected chi connectivity index (χ0v) is 35.0. The number of phosphoric acid groups is 1. The number of carboxylic acids is 1. The molecule has 316 valence electrons. The van der Waals surface area contributed by atoms with Crippen molar-refractivity contribution >= 4 is 25.7 Å². The van der Waals surface area contributed by atoms with E-state index in [1.807, 2.05) is 0 Å². The number of hydrogen-bond acceptors (Lipinski definition) is 9. The Morgan fingerprint density at radius 3 is 1.48 bits per heavy atom. The predicted molar refractivity (Wildman–Crippen MR) is 217 cm³/mol. The molecule has 0 fully saturated rings. The molecule has 54 heavy (non-hydrogen) atoms. The van der Waals surface area contributed by atoms with Gasteiger partial charge in [-0.25, -0.2) is 4.57 Å². The summed E-state index contributed by atoms with van der Waals surface area (Å²) < 4.78 is 32.6. The van der Waals surface area contributed by atoms with Crippen LogP contribution in [-0.2, 0) is 37.5 Å². The van der Waals surface area contributed by atoms with Crippen LogP contribution in [0.2, 0.25) is 0 Å². The topological polar surface area (TPSA) is 172 Å². The number of unbranched alkanes of at least 4 members (excludes halogenated alkanes) is 22. The van der Waals surface area contributed by atoms with Crippen LogP contribution < -0.4 is 5.73 Å². The molecular formula is C42H78NO10P. The summed E-state index contributed by atoms with van der Waals surface area (Å²) in [5.41, 5.74) is 5.33. The van der Waals surface area contributed by atoms with Gasteiger partial charge in [-0.05, 0) is 44.9 Å². The number of aliphatic carboxylic acids is 1. The molecule has 0 aliphatic heterocycles. The molecule has 0 aromatic heterocycles. The van der Waals surface area contributed by atoms with Gasteiger partial charge in [0, 0.05) is 12.8 Å². The molecule has 0 bridgehead atoms. The molecule has 0 heterocycles. The van der Waals surface area contributed by atoms with Gasteiger partial charge in [0.1, 0.15) is 12.6 Å². The maximum atomic E-state index is 12.6. The summed E-state index contributed by atoms with van der Waals surface area (Å²) in [7, 11) is -4.72. The van der Waals surface area contributed by atoms with Gasteiger partial charge in [-0.2, -0.15) is 0 Å². The fraction of sp³-hybridized carbons (Fsp3) is 0.833. The van der Waals surface area contributed by atoms with Gasteiger partial charge < -0.3 is 25.2 Å². The fourth-order valence-corrected chi connectivity index (χ4v) is 6.58. The largest absolute Gasteiger partial charge is 0.480 e. The summed E-state index contributed by atoms with van der Waals surface area (Å²) in [5, 5.41) is 8.88. The van der Waals surface area contributed by atoms with Crippen LogP contribution in [0.25, 0.3) is 0 Å². The first-order valence-electron chi connectivity index (χ1n) is 21.4. The third-order valence-corrected chi connectivity index (χ3v) is 10.2. The van der Waals surface area contributed by atoms with Crippen molar-refractivity contribution < 1.29 is 47.5 Å². The lowest BCUT2D eigenvalue weighted by molar-refractivity contribution is -0.161. The molecule has 0 amide bonds. The lowest BCUT2D eigenvalue weighted by Gasteiger charge is -2.20. The number of carboxylic acid groups (broad SMARTS) is 1. The molecule has 4 N–H and O–H groups in total. The molecule has 3 atom stereocenters. The van der Waals surface area contributed by atoms with E-state index in [0.717, 1.165) is 44.9 Å². The van der Waals surface area contributed by atoms with E-state index < -0.39 is 51.1 Å².